The summed E-state index contributed by atoms with van der Waals surface area (Å²) >= 11 is 0. The number of benzene rings is 1. The quantitative estimate of drug-likeness (QED) is 0.765. The Morgan fingerprint density at radius 3 is 2.63 bits per heavy atom. The predicted octanol–water partition coefficient (Wildman–Crippen LogP) is 2.13. The molecule has 30 heavy (non-hydrogen) atoms. The van der Waals surface area contributed by atoms with Gasteiger partial charge in [-0.25, -0.2) is 4.98 Å². The lowest BCUT2D eigenvalue weighted by Crippen LogP contribution is -2.45. The van der Waals surface area contributed by atoms with Crippen LogP contribution in [-0.2, 0) is 5.60 Å². The fraction of sp³-hybridized carbons (Fsp3) is 0.476. The Hall–Kier alpha value is -3.07. The summed E-state index contributed by atoms with van der Waals surface area (Å²) in [5.41, 5.74) is -0.131. The van der Waals surface area contributed by atoms with Crippen molar-refractivity contribution in [2.45, 2.75) is 32.3 Å². The minimum Gasteiger partial charge on any atom is -0.478 e. The monoisotopic (exact) mass is 415 g/mol. The zero-order valence-electron chi connectivity index (χ0n) is 17.1. The van der Waals surface area contributed by atoms with E-state index in [0.29, 0.717) is 67.7 Å². The van der Waals surface area contributed by atoms with Crippen molar-refractivity contribution in [3.8, 4) is 23.4 Å². The van der Waals surface area contributed by atoms with E-state index >= 15 is 0 Å². The lowest BCUT2D eigenvalue weighted by molar-refractivity contribution is -0.0237. The Morgan fingerprint density at radius 1 is 1.17 bits per heavy atom. The molecule has 0 radical (unpaired) electrons. The van der Waals surface area contributed by atoms with Crippen LogP contribution in [0.3, 0.4) is 0 Å². The fourth-order valence-electron chi connectivity index (χ4n) is 3.68. The van der Waals surface area contributed by atoms with E-state index in [2.05, 4.69) is 9.97 Å². The second-order valence-electron chi connectivity index (χ2n) is 7.13. The number of fused-ring (bicyclic) bond motifs is 1. The third-order valence-corrected chi connectivity index (χ3v) is 5.28. The van der Waals surface area contributed by atoms with Gasteiger partial charge in [0.2, 0.25) is 12.7 Å². The molecular weight excluding hydrogens is 390 g/mol. The van der Waals surface area contributed by atoms with E-state index < -0.39 is 5.60 Å². The van der Waals surface area contributed by atoms with Gasteiger partial charge >= 0.3 is 6.01 Å². The number of ether oxygens (including phenoxy) is 4. The first-order valence-electron chi connectivity index (χ1n) is 10.1. The van der Waals surface area contributed by atoms with Gasteiger partial charge in [0, 0.05) is 24.8 Å². The first-order valence-corrected chi connectivity index (χ1v) is 10.1. The van der Waals surface area contributed by atoms with Gasteiger partial charge in [0.05, 0.1) is 24.4 Å². The summed E-state index contributed by atoms with van der Waals surface area (Å²) in [5.74, 6) is 1.41. The zero-order valence-corrected chi connectivity index (χ0v) is 17.1. The van der Waals surface area contributed by atoms with Crippen molar-refractivity contribution < 1.29 is 28.8 Å². The molecule has 0 atom stereocenters. The lowest BCUT2D eigenvalue weighted by Gasteiger charge is -2.38. The maximum absolute atomic E-state index is 12.9. The molecule has 1 fully saturated rings. The van der Waals surface area contributed by atoms with Crippen LogP contribution >= 0.6 is 0 Å². The molecule has 0 unspecified atom stereocenters. The van der Waals surface area contributed by atoms with Gasteiger partial charge in [0.1, 0.15) is 0 Å². The van der Waals surface area contributed by atoms with Crippen LogP contribution in [0.1, 0.15) is 42.6 Å². The number of hydrogen-bond donors (Lipinski definition) is 1. The van der Waals surface area contributed by atoms with E-state index in [0.717, 1.165) is 0 Å². The number of piperidine rings is 1. The van der Waals surface area contributed by atoms with Crippen LogP contribution in [0.2, 0.25) is 0 Å². The maximum Gasteiger partial charge on any atom is 0.319 e. The molecule has 3 heterocycles. The largest absolute Gasteiger partial charge is 0.478 e. The van der Waals surface area contributed by atoms with Crippen LogP contribution in [0.25, 0.3) is 0 Å². The molecule has 1 amide bonds. The SMILES string of the molecule is CCOc1ncc(C2(O)CCN(C(=O)c3ccc4c(c3)OCO4)CC2)c(OCC)n1. The van der Waals surface area contributed by atoms with E-state index in [-0.39, 0.29) is 18.7 Å². The molecular formula is C21H25N3O6. The predicted molar refractivity (Wildman–Crippen MR) is 106 cm³/mol. The summed E-state index contributed by atoms with van der Waals surface area (Å²) in [4.78, 5) is 23.1. The highest BCUT2D eigenvalue weighted by Crippen LogP contribution is 2.38. The van der Waals surface area contributed by atoms with Crippen LogP contribution in [0.4, 0.5) is 0 Å². The summed E-state index contributed by atoms with van der Waals surface area (Å²) in [5, 5.41) is 11.3. The molecule has 160 valence electrons. The molecule has 2 aliphatic rings. The van der Waals surface area contributed by atoms with Crippen molar-refractivity contribution in [3.05, 3.63) is 35.5 Å². The Labute approximate surface area is 174 Å². The van der Waals surface area contributed by atoms with Gasteiger partial charge in [-0.1, -0.05) is 0 Å². The molecule has 2 aromatic rings. The highest BCUT2D eigenvalue weighted by atomic mass is 16.7. The minimum atomic E-state index is -1.18. The number of amides is 1. The Kier molecular flexibility index (Phi) is 5.63. The zero-order chi connectivity index (χ0) is 21.1. The number of carbonyl (C=O) groups is 1. The first-order chi connectivity index (χ1) is 14.5. The third kappa shape index (κ3) is 3.85. The number of carbonyl (C=O) groups excluding carboxylic acids is 1. The normalized spacial score (nSPS) is 17.0. The highest BCUT2D eigenvalue weighted by Gasteiger charge is 2.39. The van der Waals surface area contributed by atoms with Gasteiger partial charge in [-0.05, 0) is 44.9 Å². The van der Waals surface area contributed by atoms with E-state index in [1.54, 1.807) is 29.3 Å². The van der Waals surface area contributed by atoms with Crippen molar-refractivity contribution in [2.24, 2.45) is 0 Å². The van der Waals surface area contributed by atoms with Crippen LogP contribution in [0.15, 0.2) is 24.4 Å². The number of likely N-dealkylation sites (tertiary alicyclic amines) is 1. The summed E-state index contributed by atoms with van der Waals surface area (Å²) in [7, 11) is 0. The Bertz CT molecular complexity index is 927. The molecule has 0 aliphatic carbocycles. The van der Waals surface area contributed by atoms with Crippen molar-refractivity contribution in [1.82, 2.24) is 14.9 Å². The van der Waals surface area contributed by atoms with Crippen LogP contribution in [-0.4, -0.2) is 59.0 Å². The van der Waals surface area contributed by atoms with Crippen molar-refractivity contribution in [1.29, 1.82) is 0 Å². The number of nitrogens with zero attached hydrogens (tertiary/aromatic N) is 3. The Morgan fingerprint density at radius 2 is 1.90 bits per heavy atom. The number of aromatic nitrogens is 2. The molecule has 0 bridgehead atoms. The van der Waals surface area contributed by atoms with Crippen LogP contribution in [0.5, 0.6) is 23.4 Å². The van der Waals surface area contributed by atoms with E-state index in [1.165, 1.54) is 0 Å². The van der Waals surface area contributed by atoms with Gasteiger partial charge in [-0.2, -0.15) is 4.98 Å². The average Bonchev–Trinajstić information content (AvgIpc) is 3.22. The summed E-state index contributed by atoms with van der Waals surface area (Å²) in [6.45, 7) is 5.48. The van der Waals surface area contributed by atoms with Gasteiger partial charge in [0.25, 0.3) is 5.91 Å². The van der Waals surface area contributed by atoms with Gasteiger partial charge < -0.3 is 29.0 Å². The van der Waals surface area contributed by atoms with Crippen molar-refractivity contribution >= 4 is 5.91 Å². The topological polar surface area (TPSA) is 103 Å². The number of rotatable bonds is 6. The van der Waals surface area contributed by atoms with Crippen LogP contribution < -0.4 is 18.9 Å². The Balaban J connectivity index is 1.48. The van der Waals surface area contributed by atoms with E-state index in [1.807, 2.05) is 13.8 Å². The second-order valence-corrected chi connectivity index (χ2v) is 7.13. The van der Waals surface area contributed by atoms with Gasteiger partial charge in [0.15, 0.2) is 11.5 Å². The molecule has 2 aliphatic heterocycles. The van der Waals surface area contributed by atoms with Crippen molar-refractivity contribution in [3.63, 3.8) is 0 Å². The van der Waals surface area contributed by atoms with E-state index in [4.69, 9.17) is 18.9 Å². The maximum atomic E-state index is 12.9. The van der Waals surface area contributed by atoms with Gasteiger partial charge in [-0.3, -0.25) is 4.79 Å². The first kappa shape index (κ1) is 20.2. The molecule has 9 nitrogen and oxygen atoms in total. The fourth-order valence-corrected chi connectivity index (χ4v) is 3.68. The van der Waals surface area contributed by atoms with Crippen LogP contribution in [0, 0.1) is 0 Å². The molecule has 4 rings (SSSR count). The second kappa shape index (κ2) is 8.35. The van der Waals surface area contributed by atoms with E-state index in [9.17, 15) is 9.90 Å². The lowest BCUT2D eigenvalue weighted by atomic mass is 9.85. The average molecular weight is 415 g/mol. The molecule has 1 aromatic heterocycles. The molecule has 1 aromatic carbocycles. The molecule has 9 heteroatoms. The van der Waals surface area contributed by atoms with Crippen molar-refractivity contribution in [2.75, 3.05) is 33.1 Å². The highest BCUT2D eigenvalue weighted by molar-refractivity contribution is 5.95. The molecule has 0 spiro atoms. The summed E-state index contributed by atoms with van der Waals surface area (Å²) in [6.07, 6.45) is 2.25. The third-order valence-electron chi connectivity index (χ3n) is 5.28. The summed E-state index contributed by atoms with van der Waals surface area (Å²) < 4.78 is 21.6. The smallest absolute Gasteiger partial charge is 0.319 e. The molecule has 1 saturated heterocycles. The number of hydrogen-bond acceptors (Lipinski definition) is 8. The summed E-state index contributed by atoms with van der Waals surface area (Å²) in [6, 6.07) is 5.37. The van der Waals surface area contributed by atoms with Gasteiger partial charge in [-0.15, -0.1) is 0 Å². The number of aliphatic hydroxyl groups is 1. The minimum absolute atomic E-state index is 0.108. The molecule has 1 N–H and O–H groups in total. The standard InChI is InChI=1S/C21H25N3O6/c1-3-27-18-15(12-22-20(23-18)28-4-2)21(26)7-9-24(10-8-21)19(25)14-5-6-16-17(11-14)30-13-29-16/h5-6,11-12,26H,3-4,7-10,13H2,1-2H3. The molecule has 0 saturated carbocycles.